The molecule has 0 unspecified atom stereocenters. The molecule has 1 N–H and O–H groups in total. The van der Waals surface area contributed by atoms with Gasteiger partial charge in [0.2, 0.25) is 0 Å². The molecule has 0 amide bonds. The SMILES string of the molecule is OC1(Cc2cccc(Cl)c2Cl)CCCCC1. The maximum absolute atomic E-state index is 10.4. The average molecular weight is 259 g/mol. The lowest BCUT2D eigenvalue weighted by atomic mass is 9.80. The molecule has 0 aromatic heterocycles. The topological polar surface area (TPSA) is 20.2 Å². The van der Waals surface area contributed by atoms with E-state index in [-0.39, 0.29) is 0 Å². The molecule has 0 atom stereocenters. The third-order valence-corrected chi connectivity index (χ3v) is 4.19. The molecule has 1 nitrogen and oxygen atoms in total. The van der Waals surface area contributed by atoms with E-state index < -0.39 is 5.60 Å². The van der Waals surface area contributed by atoms with Gasteiger partial charge in [-0.25, -0.2) is 0 Å². The molecule has 0 heterocycles. The van der Waals surface area contributed by atoms with Crippen LogP contribution in [0.4, 0.5) is 0 Å². The van der Waals surface area contributed by atoms with E-state index in [0.29, 0.717) is 16.5 Å². The normalized spacial score (nSPS) is 19.7. The number of halogens is 2. The highest BCUT2D eigenvalue weighted by molar-refractivity contribution is 6.42. The molecular formula is C13H16Cl2O. The van der Waals surface area contributed by atoms with Gasteiger partial charge in [-0.15, -0.1) is 0 Å². The summed E-state index contributed by atoms with van der Waals surface area (Å²) in [6.45, 7) is 0. The predicted octanol–water partition coefficient (Wildman–Crippen LogP) is 4.23. The Bertz CT molecular complexity index is 370. The largest absolute Gasteiger partial charge is 0.390 e. The lowest BCUT2D eigenvalue weighted by Gasteiger charge is -2.32. The van der Waals surface area contributed by atoms with Crippen LogP contribution in [0.25, 0.3) is 0 Å². The summed E-state index contributed by atoms with van der Waals surface area (Å²) in [4.78, 5) is 0. The monoisotopic (exact) mass is 258 g/mol. The Morgan fingerprint density at radius 3 is 2.50 bits per heavy atom. The van der Waals surface area contributed by atoms with Crippen molar-refractivity contribution in [2.45, 2.75) is 44.1 Å². The van der Waals surface area contributed by atoms with Crippen molar-refractivity contribution in [1.29, 1.82) is 0 Å². The highest BCUT2D eigenvalue weighted by atomic mass is 35.5. The van der Waals surface area contributed by atoms with Crippen molar-refractivity contribution in [3.63, 3.8) is 0 Å². The van der Waals surface area contributed by atoms with Crippen LogP contribution in [-0.2, 0) is 6.42 Å². The molecule has 0 saturated heterocycles. The van der Waals surface area contributed by atoms with Crippen LogP contribution in [0, 0.1) is 0 Å². The van der Waals surface area contributed by atoms with Gasteiger partial charge in [0.25, 0.3) is 0 Å². The molecule has 0 spiro atoms. The molecule has 1 aliphatic rings. The third-order valence-electron chi connectivity index (χ3n) is 3.34. The van der Waals surface area contributed by atoms with Crippen LogP contribution in [-0.4, -0.2) is 10.7 Å². The number of hydrogen-bond donors (Lipinski definition) is 1. The van der Waals surface area contributed by atoms with Crippen LogP contribution in [0.3, 0.4) is 0 Å². The van der Waals surface area contributed by atoms with Crippen LogP contribution in [0.1, 0.15) is 37.7 Å². The molecule has 16 heavy (non-hydrogen) atoms. The molecule has 1 aromatic rings. The zero-order valence-corrected chi connectivity index (χ0v) is 10.7. The number of hydrogen-bond acceptors (Lipinski definition) is 1. The van der Waals surface area contributed by atoms with Crippen molar-refractivity contribution in [2.24, 2.45) is 0 Å². The molecule has 3 heteroatoms. The van der Waals surface area contributed by atoms with Crippen LogP contribution in [0.15, 0.2) is 18.2 Å². The van der Waals surface area contributed by atoms with Gasteiger partial charge in [-0.05, 0) is 24.5 Å². The van der Waals surface area contributed by atoms with E-state index in [4.69, 9.17) is 23.2 Å². The summed E-state index contributed by atoms with van der Waals surface area (Å²) < 4.78 is 0. The zero-order chi connectivity index (χ0) is 11.6. The van der Waals surface area contributed by atoms with Crippen molar-refractivity contribution >= 4 is 23.2 Å². The minimum absolute atomic E-state index is 0.568. The fourth-order valence-electron chi connectivity index (χ4n) is 2.43. The quantitative estimate of drug-likeness (QED) is 0.842. The van der Waals surface area contributed by atoms with E-state index in [2.05, 4.69) is 0 Å². The predicted molar refractivity (Wildman–Crippen MR) is 68.2 cm³/mol. The molecule has 88 valence electrons. The van der Waals surface area contributed by atoms with E-state index in [1.54, 1.807) is 6.07 Å². The van der Waals surface area contributed by atoms with E-state index in [1.165, 1.54) is 6.42 Å². The molecule has 0 bridgehead atoms. The molecule has 0 radical (unpaired) electrons. The van der Waals surface area contributed by atoms with Gasteiger partial charge in [0, 0.05) is 6.42 Å². The summed E-state index contributed by atoms with van der Waals surface area (Å²) >= 11 is 12.1. The molecule has 1 aliphatic carbocycles. The second-order valence-electron chi connectivity index (χ2n) is 4.67. The number of rotatable bonds is 2. The van der Waals surface area contributed by atoms with Crippen molar-refractivity contribution in [3.05, 3.63) is 33.8 Å². The number of aliphatic hydroxyl groups is 1. The lowest BCUT2D eigenvalue weighted by molar-refractivity contribution is 0.00451. The summed E-state index contributed by atoms with van der Waals surface area (Å²) in [6.07, 6.45) is 5.80. The summed E-state index contributed by atoms with van der Waals surface area (Å²) in [7, 11) is 0. The first-order valence-electron chi connectivity index (χ1n) is 5.76. The standard InChI is InChI=1S/C13H16Cl2O/c14-11-6-4-5-10(12(11)15)9-13(16)7-2-1-3-8-13/h4-6,16H,1-3,7-9H2. The molecule has 1 aromatic carbocycles. The molecular weight excluding hydrogens is 243 g/mol. The molecule has 1 saturated carbocycles. The zero-order valence-electron chi connectivity index (χ0n) is 9.18. The molecule has 0 aliphatic heterocycles. The maximum atomic E-state index is 10.4. The van der Waals surface area contributed by atoms with Crippen LogP contribution >= 0.6 is 23.2 Å². The number of benzene rings is 1. The Labute approximate surface area is 106 Å². The Hall–Kier alpha value is -0.240. The summed E-state index contributed by atoms with van der Waals surface area (Å²) in [5, 5.41) is 11.6. The Morgan fingerprint density at radius 1 is 1.12 bits per heavy atom. The first-order valence-corrected chi connectivity index (χ1v) is 6.52. The fraction of sp³-hybridized carbons (Fsp3) is 0.538. The minimum atomic E-state index is -0.577. The van der Waals surface area contributed by atoms with Crippen LogP contribution < -0.4 is 0 Å². The summed E-state index contributed by atoms with van der Waals surface area (Å²) in [5.74, 6) is 0. The lowest BCUT2D eigenvalue weighted by Crippen LogP contribution is -2.33. The summed E-state index contributed by atoms with van der Waals surface area (Å²) in [5.41, 5.74) is 0.380. The van der Waals surface area contributed by atoms with E-state index in [9.17, 15) is 5.11 Å². The molecule has 2 rings (SSSR count). The van der Waals surface area contributed by atoms with E-state index >= 15 is 0 Å². The van der Waals surface area contributed by atoms with Gasteiger partial charge in [0.15, 0.2) is 0 Å². The van der Waals surface area contributed by atoms with Gasteiger partial charge in [0.1, 0.15) is 0 Å². The van der Waals surface area contributed by atoms with E-state index in [1.807, 2.05) is 12.1 Å². The third kappa shape index (κ3) is 2.71. The van der Waals surface area contributed by atoms with Gasteiger partial charge in [-0.2, -0.15) is 0 Å². The van der Waals surface area contributed by atoms with Crippen LogP contribution in [0.2, 0.25) is 10.0 Å². The second-order valence-corrected chi connectivity index (χ2v) is 5.46. The Kier molecular flexibility index (Phi) is 3.78. The highest BCUT2D eigenvalue weighted by Crippen LogP contribution is 2.34. The van der Waals surface area contributed by atoms with Crippen molar-refractivity contribution < 1.29 is 5.11 Å². The average Bonchev–Trinajstić information content (AvgIpc) is 2.26. The Morgan fingerprint density at radius 2 is 1.81 bits per heavy atom. The van der Waals surface area contributed by atoms with Crippen molar-refractivity contribution in [1.82, 2.24) is 0 Å². The van der Waals surface area contributed by atoms with Gasteiger partial charge >= 0.3 is 0 Å². The van der Waals surface area contributed by atoms with Gasteiger partial charge in [-0.3, -0.25) is 0 Å². The fourth-order valence-corrected chi connectivity index (χ4v) is 2.81. The van der Waals surface area contributed by atoms with Crippen molar-refractivity contribution in [3.8, 4) is 0 Å². The van der Waals surface area contributed by atoms with E-state index in [0.717, 1.165) is 31.2 Å². The molecule has 1 fully saturated rings. The van der Waals surface area contributed by atoms with Gasteiger partial charge in [0.05, 0.1) is 15.6 Å². The highest BCUT2D eigenvalue weighted by Gasteiger charge is 2.30. The Balaban J connectivity index is 2.16. The maximum Gasteiger partial charge on any atom is 0.0688 e. The first-order chi connectivity index (χ1) is 7.61. The van der Waals surface area contributed by atoms with Crippen molar-refractivity contribution in [2.75, 3.05) is 0 Å². The summed E-state index contributed by atoms with van der Waals surface area (Å²) in [6, 6.07) is 5.61. The minimum Gasteiger partial charge on any atom is -0.390 e. The smallest absolute Gasteiger partial charge is 0.0688 e. The van der Waals surface area contributed by atoms with Crippen LogP contribution in [0.5, 0.6) is 0 Å². The van der Waals surface area contributed by atoms with Gasteiger partial charge < -0.3 is 5.11 Å². The second kappa shape index (κ2) is 4.95. The van der Waals surface area contributed by atoms with Gasteiger partial charge in [-0.1, -0.05) is 54.6 Å². The first kappa shape index (κ1) is 12.2.